The number of esters is 1. The van der Waals surface area contributed by atoms with E-state index >= 15 is 0 Å². The summed E-state index contributed by atoms with van der Waals surface area (Å²) in [6, 6.07) is 17.5. The largest absolute Gasteiger partial charge is 0.497 e. The molecule has 9 heteroatoms. The van der Waals surface area contributed by atoms with Crippen LogP contribution in [-0.4, -0.2) is 31.1 Å². The molecule has 0 aliphatic carbocycles. The van der Waals surface area contributed by atoms with Gasteiger partial charge in [0, 0.05) is 28.8 Å². The van der Waals surface area contributed by atoms with Crippen LogP contribution in [0.1, 0.15) is 33.2 Å². The molecule has 0 saturated carbocycles. The first-order chi connectivity index (χ1) is 15.9. The molecule has 3 aromatic rings. The van der Waals surface area contributed by atoms with Gasteiger partial charge in [-0.3, -0.25) is 9.59 Å². The number of benzene rings is 3. The molecule has 0 atom stereocenters. The first-order valence-corrected chi connectivity index (χ1v) is 10.1. The van der Waals surface area contributed by atoms with E-state index < -0.39 is 11.9 Å². The molecular formula is C24H20ClN3O5. The van der Waals surface area contributed by atoms with Crippen LogP contribution in [0.2, 0.25) is 5.02 Å². The van der Waals surface area contributed by atoms with Crippen LogP contribution >= 0.6 is 11.6 Å². The van der Waals surface area contributed by atoms with Crippen LogP contribution in [0, 0.1) is 0 Å². The summed E-state index contributed by atoms with van der Waals surface area (Å²) >= 11 is 6.06. The Morgan fingerprint density at radius 1 is 0.970 bits per heavy atom. The summed E-state index contributed by atoms with van der Waals surface area (Å²) in [6.07, 6.45) is 1.32. The summed E-state index contributed by atoms with van der Waals surface area (Å²) in [4.78, 5) is 35.9. The molecule has 0 fully saturated rings. The number of hydrogen-bond donors (Lipinski definition) is 2. The standard InChI is InChI=1S/C24H20ClN3O5/c1-15(29)27-20-9-6-16(7-10-20)23(30)28-26-14-18-12-19(25)8-11-22(18)33-24(31)17-4-3-5-21(13-17)32-2/h3-14H,1-2H3,(H,27,29)(H,28,30)/b26-14+. The highest BCUT2D eigenvalue weighted by atomic mass is 35.5. The lowest BCUT2D eigenvalue weighted by Crippen LogP contribution is -2.18. The summed E-state index contributed by atoms with van der Waals surface area (Å²) in [5.74, 6) is -0.520. The number of halogens is 1. The SMILES string of the molecule is COc1cccc(C(=O)Oc2ccc(Cl)cc2/C=N/NC(=O)c2ccc(NC(C)=O)cc2)c1. The molecule has 33 heavy (non-hydrogen) atoms. The summed E-state index contributed by atoms with van der Waals surface area (Å²) in [7, 11) is 1.50. The predicted molar refractivity (Wildman–Crippen MR) is 125 cm³/mol. The Hall–Kier alpha value is -4.17. The normalized spacial score (nSPS) is 10.5. The van der Waals surface area contributed by atoms with Gasteiger partial charge in [0.2, 0.25) is 5.91 Å². The Labute approximate surface area is 195 Å². The number of hydrogen-bond acceptors (Lipinski definition) is 6. The smallest absolute Gasteiger partial charge is 0.343 e. The minimum Gasteiger partial charge on any atom is -0.497 e. The molecule has 2 amide bonds. The van der Waals surface area contributed by atoms with E-state index in [1.165, 1.54) is 26.3 Å². The van der Waals surface area contributed by atoms with Crippen molar-refractivity contribution in [2.75, 3.05) is 12.4 Å². The summed E-state index contributed by atoms with van der Waals surface area (Å²) in [6.45, 7) is 1.40. The molecule has 0 saturated heterocycles. The third-order valence-corrected chi connectivity index (χ3v) is 4.55. The number of hydrazone groups is 1. The molecule has 0 unspecified atom stereocenters. The van der Waals surface area contributed by atoms with Crippen LogP contribution < -0.4 is 20.2 Å². The van der Waals surface area contributed by atoms with Crippen LogP contribution in [0.5, 0.6) is 11.5 Å². The second kappa shape index (κ2) is 10.9. The number of methoxy groups -OCH3 is 1. The van der Waals surface area contributed by atoms with Crippen molar-refractivity contribution < 1.29 is 23.9 Å². The molecule has 168 valence electrons. The van der Waals surface area contributed by atoms with Gasteiger partial charge in [0.25, 0.3) is 5.91 Å². The van der Waals surface area contributed by atoms with Crippen LogP contribution in [0.4, 0.5) is 5.69 Å². The van der Waals surface area contributed by atoms with Crippen molar-refractivity contribution in [3.05, 3.63) is 88.4 Å². The Morgan fingerprint density at radius 2 is 1.73 bits per heavy atom. The Kier molecular flexibility index (Phi) is 7.77. The van der Waals surface area contributed by atoms with E-state index in [4.69, 9.17) is 21.1 Å². The van der Waals surface area contributed by atoms with Gasteiger partial charge >= 0.3 is 5.97 Å². The first-order valence-electron chi connectivity index (χ1n) is 9.72. The predicted octanol–water partition coefficient (Wildman–Crippen LogP) is 4.29. The van der Waals surface area contributed by atoms with E-state index in [2.05, 4.69) is 15.8 Å². The molecule has 0 heterocycles. The van der Waals surface area contributed by atoms with Gasteiger partial charge in [0.05, 0.1) is 18.9 Å². The topological polar surface area (TPSA) is 106 Å². The van der Waals surface area contributed by atoms with Gasteiger partial charge in [0.15, 0.2) is 0 Å². The van der Waals surface area contributed by atoms with E-state index in [9.17, 15) is 14.4 Å². The first kappa shape index (κ1) is 23.5. The van der Waals surface area contributed by atoms with Crippen molar-refractivity contribution in [2.24, 2.45) is 5.10 Å². The van der Waals surface area contributed by atoms with E-state index in [-0.39, 0.29) is 11.7 Å². The molecule has 0 aromatic heterocycles. The van der Waals surface area contributed by atoms with Crippen LogP contribution in [-0.2, 0) is 4.79 Å². The highest BCUT2D eigenvalue weighted by molar-refractivity contribution is 6.31. The molecule has 0 radical (unpaired) electrons. The van der Waals surface area contributed by atoms with Crippen molar-refractivity contribution in [1.82, 2.24) is 5.43 Å². The van der Waals surface area contributed by atoms with Gasteiger partial charge in [0.1, 0.15) is 11.5 Å². The zero-order chi connectivity index (χ0) is 23.8. The number of rotatable bonds is 7. The van der Waals surface area contributed by atoms with Crippen LogP contribution in [0.25, 0.3) is 0 Å². The maximum Gasteiger partial charge on any atom is 0.343 e. The summed E-state index contributed by atoms with van der Waals surface area (Å²) in [5, 5.41) is 6.95. The molecule has 0 spiro atoms. The Morgan fingerprint density at radius 3 is 2.42 bits per heavy atom. The molecule has 8 nitrogen and oxygen atoms in total. The molecule has 0 aliphatic heterocycles. The van der Waals surface area contributed by atoms with E-state index in [0.717, 1.165) is 0 Å². The van der Waals surface area contributed by atoms with Gasteiger partial charge in [-0.2, -0.15) is 5.10 Å². The summed E-state index contributed by atoms with van der Waals surface area (Å²) in [5.41, 5.74) is 4.01. The van der Waals surface area contributed by atoms with Crippen molar-refractivity contribution in [3.8, 4) is 11.5 Å². The summed E-state index contributed by atoms with van der Waals surface area (Å²) < 4.78 is 10.6. The average molecular weight is 466 g/mol. The molecule has 2 N–H and O–H groups in total. The second-order valence-corrected chi connectivity index (χ2v) is 7.20. The highest BCUT2D eigenvalue weighted by Gasteiger charge is 2.13. The van der Waals surface area contributed by atoms with Crippen molar-refractivity contribution in [1.29, 1.82) is 0 Å². The number of carbonyl (C=O) groups excluding carboxylic acids is 3. The third-order valence-electron chi connectivity index (χ3n) is 4.32. The molecule has 0 bridgehead atoms. The van der Waals surface area contributed by atoms with Crippen molar-refractivity contribution >= 4 is 41.3 Å². The van der Waals surface area contributed by atoms with E-state index in [0.29, 0.717) is 33.1 Å². The maximum absolute atomic E-state index is 12.5. The molecule has 0 aliphatic rings. The molecule has 3 rings (SSSR count). The quantitative estimate of drug-likeness (QED) is 0.234. The number of amides is 2. The van der Waals surface area contributed by atoms with E-state index in [1.54, 1.807) is 60.7 Å². The number of carbonyl (C=O) groups is 3. The minimum atomic E-state index is -0.589. The Balaban J connectivity index is 1.70. The average Bonchev–Trinajstić information content (AvgIpc) is 2.80. The van der Waals surface area contributed by atoms with Crippen LogP contribution in [0.3, 0.4) is 0 Å². The van der Waals surface area contributed by atoms with Gasteiger partial charge in [-0.15, -0.1) is 0 Å². The lowest BCUT2D eigenvalue weighted by atomic mass is 10.2. The zero-order valence-electron chi connectivity index (χ0n) is 17.8. The van der Waals surface area contributed by atoms with Crippen molar-refractivity contribution in [3.63, 3.8) is 0 Å². The highest BCUT2D eigenvalue weighted by Crippen LogP contribution is 2.23. The molecule has 3 aromatic carbocycles. The lowest BCUT2D eigenvalue weighted by Gasteiger charge is -2.09. The fourth-order valence-corrected chi connectivity index (χ4v) is 2.94. The molecular weight excluding hydrogens is 446 g/mol. The maximum atomic E-state index is 12.5. The third kappa shape index (κ3) is 6.65. The van der Waals surface area contributed by atoms with Crippen LogP contribution in [0.15, 0.2) is 71.8 Å². The fraction of sp³-hybridized carbons (Fsp3) is 0.0833. The lowest BCUT2D eigenvalue weighted by molar-refractivity contribution is -0.114. The zero-order valence-corrected chi connectivity index (χ0v) is 18.6. The van der Waals surface area contributed by atoms with Gasteiger partial charge in [-0.1, -0.05) is 17.7 Å². The van der Waals surface area contributed by atoms with Crippen molar-refractivity contribution in [2.45, 2.75) is 6.92 Å². The van der Waals surface area contributed by atoms with Gasteiger partial charge in [-0.25, -0.2) is 10.2 Å². The fourth-order valence-electron chi connectivity index (χ4n) is 2.76. The number of nitrogens with zero attached hydrogens (tertiary/aromatic N) is 1. The van der Waals surface area contributed by atoms with Gasteiger partial charge < -0.3 is 14.8 Å². The van der Waals surface area contributed by atoms with Gasteiger partial charge in [-0.05, 0) is 60.7 Å². The minimum absolute atomic E-state index is 0.207. The monoisotopic (exact) mass is 465 g/mol. The second-order valence-electron chi connectivity index (χ2n) is 6.76. The number of anilines is 1. The number of nitrogens with one attached hydrogen (secondary N) is 2. The Bertz CT molecular complexity index is 1210. The number of ether oxygens (including phenoxy) is 2. The van der Waals surface area contributed by atoms with E-state index in [1.807, 2.05) is 0 Å².